The number of anilines is 1. The summed E-state index contributed by atoms with van der Waals surface area (Å²) in [5.41, 5.74) is 0.522. The Kier molecular flexibility index (Phi) is 6.58. The summed E-state index contributed by atoms with van der Waals surface area (Å²) in [5, 5.41) is 2.70. The van der Waals surface area contributed by atoms with Crippen LogP contribution in [0, 0.1) is 0 Å². The Labute approximate surface area is 128 Å². The Balaban J connectivity index is 2.85. The molecule has 0 aliphatic rings. The number of carbonyl (C=O) groups is 1. The van der Waals surface area contributed by atoms with Gasteiger partial charge >= 0.3 is 0 Å². The van der Waals surface area contributed by atoms with E-state index in [-0.39, 0.29) is 22.2 Å². The fourth-order valence-corrected chi connectivity index (χ4v) is 3.08. The van der Waals surface area contributed by atoms with Crippen LogP contribution >= 0.6 is 23.2 Å². The number of benzene rings is 1. The van der Waals surface area contributed by atoms with Crippen molar-refractivity contribution >= 4 is 44.8 Å². The van der Waals surface area contributed by atoms with Crippen LogP contribution in [-0.2, 0) is 10.0 Å². The summed E-state index contributed by atoms with van der Waals surface area (Å²) in [5.74, 6) is 0.0350. The molecule has 0 aliphatic carbocycles. The maximum atomic E-state index is 11.8. The van der Waals surface area contributed by atoms with Gasteiger partial charge in [0.05, 0.1) is 16.3 Å². The summed E-state index contributed by atoms with van der Waals surface area (Å²) in [4.78, 5) is 11.6. The highest BCUT2D eigenvalue weighted by Crippen LogP contribution is 2.21. The summed E-state index contributed by atoms with van der Waals surface area (Å²) in [6.07, 6.45) is 1.11. The van der Waals surface area contributed by atoms with Crippen molar-refractivity contribution in [1.82, 2.24) is 5.32 Å². The zero-order chi connectivity index (χ0) is 15.2. The van der Waals surface area contributed by atoms with Crippen molar-refractivity contribution in [3.8, 4) is 0 Å². The van der Waals surface area contributed by atoms with Gasteiger partial charge in [0.2, 0.25) is 10.0 Å². The van der Waals surface area contributed by atoms with E-state index < -0.39 is 10.0 Å². The third kappa shape index (κ3) is 5.19. The molecule has 20 heavy (non-hydrogen) atoms. The first-order valence-electron chi connectivity index (χ1n) is 5.97. The lowest BCUT2D eigenvalue weighted by Crippen LogP contribution is -2.20. The number of amides is 1. The van der Waals surface area contributed by atoms with E-state index in [9.17, 15) is 13.2 Å². The lowest BCUT2D eigenvalue weighted by Gasteiger charge is -2.10. The number of sulfonamides is 1. The fourth-order valence-electron chi connectivity index (χ4n) is 1.51. The van der Waals surface area contributed by atoms with E-state index in [4.69, 9.17) is 23.2 Å². The molecule has 0 saturated carbocycles. The maximum absolute atomic E-state index is 11.8. The third-order valence-corrected chi connectivity index (χ3v) is 4.48. The molecule has 5 nitrogen and oxygen atoms in total. The highest BCUT2D eigenvalue weighted by atomic mass is 35.5. The minimum atomic E-state index is -3.45. The number of halogens is 2. The normalized spacial score (nSPS) is 11.2. The van der Waals surface area contributed by atoms with Crippen LogP contribution in [0.1, 0.15) is 23.2 Å². The Hall–Kier alpha value is -0.980. The SMILES string of the molecule is CNC(=O)c1cc(NS(=O)(=O)CCCCCl)ccc1Cl. The molecule has 0 radical (unpaired) electrons. The molecule has 1 amide bonds. The molecule has 0 atom stereocenters. The Morgan fingerprint density at radius 1 is 1.30 bits per heavy atom. The van der Waals surface area contributed by atoms with Crippen LogP contribution in [0.15, 0.2) is 18.2 Å². The second kappa shape index (κ2) is 7.71. The van der Waals surface area contributed by atoms with Gasteiger partial charge in [0, 0.05) is 18.6 Å². The van der Waals surface area contributed by atoms with Crippen molar-refractivity contribution in [2.24, 2.45) is 0 Å². The summed E-state index contributed by atoms with van der Waals surface area (Å²) < 4.78 is 26.1. The van der Waals surface area contributed by atoms with Crippen molar-refractivity contribution in [3.63, 3.8) is 0 Å². The highest BCUT2D eigenvalue weighted by molar-refractivity contribution is 7.92. The number of nitrogens with one attached hydrogen (secondary N) is 2. The van der Waals surface area contributed by atoms with E-state index in [1.807, 2.05) is 0 Å². The Morgan fingerprint density at radius 3 is 2.60 bits per heavy atom. The predicted molar refractivity (Wildman–Crippen MR) is 82.2 cm³/mol. The fraction of sp³-hybridized carbons (Fsp3) is 0.417. The number of alkyl halides is 1. The molecule has 1 rings (SSSR count). The predicted octanol–water partition coefficient (Wildman–Crippen LogP) is 2.46. The lowest BCUT2D eigenvalue weighted by atomic mass is 10.2. The summed E-state index contributed by atoms with van der Waals surface area (Å²) >= 11 is 11.4. The van der Waals surface area contributed by atoms with Crippen LogP contribution in [0.3, 0.4) is 0 Å². The monoisotopic (exact) mass is 338 g/mol. The number of hydrogen-bond donors (Lipinski definition) is 2. The van der Waals surface area contributed by atoms with Crippen LogP contribution < -0.4 is 10.0 Å². The highest BCUT2D eigenvalue weighted by Gasteiger charge is 2.13. The summed E-state index contributed by atoms with van der Waals surface area (Å²) in [6, 6.07) is 4.39. The van der Waals surface area contributed by atoms with Crippen LogP contribution in [0.5, 0.6) is 0 Å². The standard InChI is InChI=1S/C12H16Cl2N2O3S/c1-15-12(17)10-8-9(4-5-11(10)14)16-20(18,19)7-3-2-6-13/h4-5,8,16H,2-3,6-7H2,1H3,(H,15,17). The van der Waals surface area contributed by atoms with Crippen molar-refractivity contribution in [1.29, 1.82) is 0 Å². The molecular weight excluding hydrogens is 323 g/mol. The molecule has 1 aromatic carbocycles. The van der Waals surface area contributed by atoms with Gasteiger partial charge in [-0.15, -0.1) is 11.6 Å². The van der Waals surface area contributed by atoms with Gasteiger partial charge in [-0.05, 0) is 31.0 Å². The van der Waals surface area contributed by atoms with Gasteiger partial charge in [-0.25, -0.2) is 8.42 Å². The van der Waals surface area contributed by atoms with Crippen molar-refractivity contribution in [2.45, 2.75) is 12.8 Å². The number of unbranched alkanes of at least 4 members (excludes halogenated alkanes) is 1. The topological polar surface area (TPSA) is 75.3 Å². The average molecular weight is 339 g/mol. The van der Waals surface area contributed by atoms with Crippen molar-refractivity contribution < 1.29 is 13.2 Å². The molecule has 0 heterocycles. The minimum Gasteiger partial charge on any atom is -0.355 e. The van der Waals surface area contributed by atoms with Gasteiger partial charge < -0.3 is 5.32 Å². The molecule has 2 N–H and O–H groups in total. The van der Waals surface area contributed by atoms with Gasteiger partial charge in [-0.2, -0.15) is 0 Å². The van der Waals surface area contributed by atoms with E-state index in [2.05, 4.69) is 10.0 Å². The molecule has 1 aromatic rings. The zero-order valence-electron chi connectivity index (χ0n) is 10.9. The Bertz CT molecular complexity index is 576. The summed E-state index contributed by atoms with van der Waals surface area (Å²) in [6.45, 7) is 0. The quantitative estimate of drug-likeness (QED) is 0.592. The second-order valence-electron chi connectivity index (χ2n) is 4.09. The van der Waals surface area contributed by atoms with Gasteiger partial charge in [-0.3, -0.25) is 9.52 Å². The van der Waals surface area contributed by atoms with Crippen LogP contribution in [-0.4, -0.2) is 33.0 Å². The molecular formula is C12H16Cl2N2O3S. The van der Waals surface area contributed by atoms with E-state index in [0.29, 0.717) is 24.4 Å². The molecule has 0 aliphatic heterocycles. The van der Waals surface area contributed by atoms with Crippen molar-refractivity contribution in [2.75, 3.05) is 23.4 Å². The van der Waals surface area contributed by atoms with E-state index in [0.717, 1.165) is 0 Å². The molecule has 0 saturated heterocycles. The first kappa shape index (κ1) is 17.1. The van der Waals surface area contributed by atoms with Crippen molar-refractivity contribution in [3.05, 3.63) is 28.8 Å². The molecule has 0 bridgehead atoms. The molecule has 0 fully saturated rings. The Morgan fingerprint density at radius 2 is 2.00 bits per heavy atom. The minimum absolute atomic E-state index is 0.0162. The van der Waals surface area contributed by atoms with E-state index in [1.165, 1.54) is 25.2 Å². The van der Waals surface area contributed by atoms with Gasteiger partial charge in [-0.1, -0.05) is 11.6 Å². The van der Waals surface area contributed by atoms with Gasteiger partial charge in [0.25, 0.3) is 5.91 Å². The molecule has 112 valence electrons. The van der Waals surface area contributed by atoms with Gasteiger partial charge in [0.1, 0.15) is 0 Å². The number of rotatable bonds is 7. The van der Waals surface area contributed by atoms with Gasteiger partial charge in [0.15, 0.2) is 0 Å². The molecule has 0 spiro atoms. The summed E-state index contributed by atoms with van der Waals surface area (Å²) in [7, 11) is -1.98. The van der Waals surface area contributed by atoms with E-state index in [1.54, 1.807) is 0 Å². The van der Waals surface area contributed by atoms with Crippen LogP contribution in [0.2, 0.25) is 5.02 Å². The molecule has 8 heteroatoms. The average Bonchev–Trinajstić information content (AvgIpc) is 2.40. The second-order valence-corrected chi connectivity index (χ2v) is 6.72. The molecule has 0 aromatic heterocycles. The third-order valence-electron chi connectivity index (χ3n) is 2.51. The van der Waals surface area contributed by atoms with E-state index >= 15 is 0 Å². The first-order chi connectivity index (χ1) is 9.39. The van der Waals surface area contributed by atoms with Crippen LogP contribution in [0.25, 0.3) is 0 Å². The van der Waals surface area contributed by atoms with Crippen LogP contribution in [0.4, 0.5) is 5.69 Å². The smallest absolute Gasteiger partial charge is 0.252 e. The largest absolute Gasteiger partial charge is 0.355 e. The molecule has 0 unspecified atom stereocenters. The lowest BCUT2D eigenvalue weighted by molar-refractivity contribution is 0.0963. The zero-order valence-corrected chi connectivity index (χ0v) is 13.3. The number of carbonyl (C=O) groups excluding carboxylic acids is 1. The first-order valence-corrected chi connectivity index (χ1v) is 8.54. The maximum Gasteiger partial charge on any atom is 0.252 e. The number of hydrogen-bond acceptors (Lipinski definition) is 3.